The first-order valence-corrected chi connectivity index (χ1v) is 7.56. The van der Waals surface area contributed by atoms with E-state index in [0.29, 0.717) is 5.75 Å². The van der Waals surface area contributed by atoms with Crippen LogP contribution in [0.15, 0.2) is 29.2 Å². The lowest BCUT2D eigenvalue weighted by molar-refractivity contribution is 0.474. The number of nitrogens with one attached hydrogen (secondary N) is 1. The number of aromatic nitrogens is 2. The highest BCUT2D eigenvalue weighted by Crippen LogP contribution is 2.27. The Morgan fingerprint density at radius 2 is 2.28 bits per heavy atom. The van der Waals surface area contributed by atoms with Gasteiger partial charge >= 0.3 is 0 Å². The smallest absolute Gasteiger partial charge is 0.205 e. The maximum Gasteiger partial charge on any atom is 0.205 e. The molecule has 0 saturated heterocycles. The fraction of sp³-hybridized carbons (Fsp3) is 0.333. The monoisotopic (exact) mass is 281 g/mol. The molecule has 0 radical (unpaired) electrons. The van der Waals surface area contributed by atoms with Crippen molar-refractivity contribution in [1.29, 1.82) is 0 Å². The largest absolute Gasteiger partial charge is 0.508 e. The Kier molecular flexibility index (Phi) is 4.83. The van der Waals surface area contributed by atoms with Crippen LogP contribution in [0, 0.1) is 0 Å². The molecule has 2 rings (SSSR count). The van der Waals surface area contributed by atoms with E-state index in [0.717, 1.165) is 33.8 Å². The Morgan fingerprint density at radius 1 is 1.39 bits per heavy atom. The van der Waals surface area contributed by atoms with Crippen molar-refractivity contribution < 1.29 is 5.11 Å². The topological polar surface area (TPSA) is 58.0 Å². The van der Waals surface area contributed by atoms with E-state index in [9.17, 15) is 5.11 Å². The maximum atomic E-state index is 9.36. The molecule has 6 heteroatoms. The van der Waals surface area contributed by atoms with Gasteiger partial charge in [-0.1, -0.05) is 24.3 Å². The maximum absolute atomic E-state index is 9.36. The van der Waals surface area contributed by atoms with Crippen molar-refractivity contribution in [1.82, 2.24) is 10.2 Å². The average molecular weight is 281 g/mol. The molecule has 2 N–H and O–H groups in total. The first-order chi connectivity index (χ1) is 8.78. The van der Waals surface area contributed by atoms with Gasteiger partial charge in [-0.2, -0.15) is 0 Å². The van der Waals surface area contributed by atoms with Gasteiger partial charge in [0.05, 0.1) is 5.75 Å². The minimum absolute atomic E-state index is 0.294. The second-order valence-electron chi connectivity index (χ2n) is 3.71. The predicted molar refractivity (Wildman–Crippen MR) is 76.4 cm³/mol. The fourth-order valence-electron chi connectivity index (χ4n) is 1.33. The lowest BCUT2D eigenvalue weighted by Crippen LogP contribution is -1.98. The summed E-state index contributed by atoms with van der Waals surface area (Å²) >= 11 is 3.22. The summed E-state index contributed by atoms with van der Waals surface area (Å²) in [5.74, 6) is 1.07. The van der Waals surface area contributed by atoms with Crippen LogP contribution in [-0.2, 0) is 5.75 Å². The van der Waals surface area contributed by atoms with Gasteiger partial charge in [0, 0.05) is 11.4 Å². The third-order valence-electron chi connectivity index (χ3n) is 2.17. The van der Waals surface area contributed by atoms with Crippen molar-refractivity contribution in [3.8, 4) is 5.75 Å². The Labute approximate surface area is 114 Å². The van der Waals surface area contributed by atoms with E-state index in [4.69, 9.17) is 0 Å². The standard InChI is InChI=1S/C12H15N3OS2/c1-2-6-13-12-15-14-11(18-12)8-17-10-5-3-4-9(16)7-10/h3-5,7,16H,2,6,8H2,1H3,(H,13,15). The quantitative estimate of drug-likeness (QED) is 0.795. The number of anilines is 1. The molecule has 0 fully saturated rings. The van der Waals surface area contributed by atoms with Gasteiger partial charge in [-0.05, 0) is 24.6 Å². The van der Waals surface area contributed by atoms with Gasteiger partial charge in [0.25, 0.3) is 0 Å². The van der Waals surface area contributed by atoms with E-state index < -0.39 is 0 Å². The summed E-state index contributed by atoms with van der Waals surface area (Å²) in [6, 6.07) is 7.23. The number of phenolic OH excluding ortho intramolecular Hbond substituents is 1. The Bertz CT molecular complexity index is 502. The van der Waals surface area contributed by atoms with Crippen LogP contribution in [0.25, 0.3) is 0 Å². The first-order valence-electron chi connectivity index (χ1n) is 5.76. The highest BCUT2D eigenvalue weighted by Gasteiger charge is 2.04. The van der Waals surface area contributed by atoms with Crippen molar-refractivity contribution in [3.05, 3.63) is 29.3 Å². The molecule has 0 saturated carbocycles. The molecule has 96 valence electrons. The van der Waals surface area contributed by atoms with Crippen LogP contribution >= 0.6 is 23.1 Å². The van der Waals surface area contributed by atoms with Crippen molar-refractivity contribution in [2.45, 2.75) is 24.0 Å². The summed E-state index contributed by atoms with van der Waals surface area (Å²) < 4.78 is 0. The fourth-order valence-corrected chi connectivity index (χ4v) is 3.03. The van der Waals surface area contributed by atoms with Crippen molar-refractivity contribution in [2.75, 3.05) is 11.9 Å². The van der Waals surface area contributed by atoms with Gasteiger partial charge in [-0.15, -0.1) is 22.0 Å². The van der Waals surface area contributed by atoms with Crippen LogP contribution in [0.2, 0.25) is 0 Å². The molecule has 0 spiro atoms. The van der Waals surface area contributed by atoms with Gasteiger partial charge in [0.2, 0.25) is 5.13 Å². The molecule has 0 bridgehead atoms. The molecular weight excluding hydrogens is 266 g/mol. The number of rotatable bonds is 6. The molecule has 0 unspecified atom stereocenters. The normalized spacial score (nSPS) is 10.5. The third kappa shape index (κ3) is 3.89. The van der Waals surface area contributed by atoms with Crippen LogP contribution in [-0.4, -0.2) is 21.8 Å². The molecule has 0 amide bonds. The second-order valence-corrected chi connectivity index (χ2v) is 5.82. The molecule has 0 aliphatic rings. The van der Waals surface area contributed by atoms with Gasteiger partial charge < -0.3 is 10.4 Å². The van der Waals surface area contributed by atoms with E-state index >= 15 is 0 Å². The lowest BCUT2D eigenvalue weighted by atomic mass is 10.3. The van der Waals surface area contributed by atoms with E-state index in [1.165, 1.54) is 0 Å². The van der Waals surface area contributed by atoms with E-state index in [1.54, 1.807) is 35.2 Å². The Hall–Kier alpha value is -1.27. The molecular formula is C12H15N3OS2. The number of nitrogens with zero attached hydrogens (tertiary/aromatic N) is 2. The first kappa shape index (κ1) is 13.2. The van der Waals surface area contributed by atoms with Crippen molar-refractivity contribution >= 4 is 28.2 Å². The molecule has 4 nitrogen and oxygen atoms in total. The number of thioether (sulfide) groups is 1. The SMILES string of the molecule is CCCNc1nnc(CSc2cccc(O)c2)s1. The van der Waals surface area contributed by atoms with Gasteiger partial charge in [-0.3, -0.25) is 0 Å². The third-order valence-corrected chi connectivity index (χ3v) is 4.24. The number of aromatic hydroxyl groups is 1. The summed E-state index contributed by atoms with van der Waals surface area (Å²) in [5, 5.41) is 22.7. The molecule has 1 aromatic carbocycles. The molecule has 0 aliphatic carbocycles. The highest BCUT2D eigenvalue weighted by atomic mass is 32.2. The summed E-state index contributed by atoms with van der Waals surface area (Å²) in [6.45, 7) is 3.04. The summed E-state index contributed by atoms with van der Waals surface area (Å²) in [6.07, 6.45) is 1.08. The number of benzene rings is 1. The van der Waals surface area contributed by atoms with Crippen LogP contribution in [0.5, 0.6) is 5.75 Å². The summed E-state index contributed by atoms with van der Waals surface area (Å²) in [4.78, 5) is 1.04. The predicted octanol–water partition coefficient (Wildman–Crippen LogP) is 3.36. The van der Waals surface area contributed by atoms with Gasteiger partial charge in [0.1, 0.15) is 10.8 Å². The second kappa shape index (κ2) is 6.61. The van der Waals surface area contributed by atoms with Crippen LogP contribution in [0.3, 0.4) is 0 Å². The summed E-state index contributed by atoms with van der Waals surface area (Å²) in [7, 11) is 0. The molecule has 18 heavy (non-hydrogen) atoms. The number of hydrogen-bond acceptors (Lipinski definition) is 6. The van der Waals surface area contributed by atoms with E-state index in [2.05, 4.69) is 22.4 Å². The van der Waals surface area contributed by atoms with Crippen molar-refractivity contribution in [3.63, 3.8) is 0 Å². The zero-order valence-electron chi connectivity index (χ0n) is 10.1. The molecule has 0 atom stereocenters. The molecule has 0 aliphatic heterocycles. The molecule has 1 heterocycles. The van der Waals surface area contributed by atoms with Gasteiger partial charge in [-0.25, -0.2) is 0 Å². The molecule has 1 aromatic heterocycles. The number of hydrogen-bond donors (Lipinski definition) is 2. The zero-order valence-corrected chi connectivity index (χ0v) is 11.7. The zero-order chi connectivity index (χ0) is 12.8. The van der Waals surface area contributed by atoms with Crippen LogP contribution < -0.4 is 5.32 Å². The average Bonchev–Trinajstić information content (AvgIpc) is 2.82. The lowest BCUT2D eigenvalue weighted by Gasteiger charge is -1.99. The van der Waals surface area contributed by atoms with E-state index in [-0.39, 0.29) is 0 Å². The molecule has 2 aromatic rings. The van der Waals surface area contributed by atoms with Crippen molar-refractivity contribution in [2.24, 2.45) is 0 Å². The highest BCUT2D eigenvalue weighted by molar-refractivity contribution is 7.98. The van der Waals surface area contributed by atoms with Gasteiger partial charge in [0.15, 0.2) is 0 Å². The minimum atomic E-state index is 0.294. The minimum Gasteiger partial charge on any atom is -0.508 e. The Balaban J connectivity index is 1.88. The van der Waals surface area contributed by atoms with Crippen LogP contribution in [0.4, 0.5) is 5.13 Å². The number of phenols is 1. The van der Waals surface area contributed by atoms with E-state index in [1.807, 2.05) is 12.1 Å². The van der Waals surface area contributed by atoms with Crippen LogP contribution in [0.1, 0.15) is 18.4 Å². The Morgan fingerprint density at radius 3 is 3.06 bits per heavy atom. The summed E-state index contributed by atoms with van der Waals surface area (Å²) in [5.41, 5.74) is 0.